The first kappa shape index (κ1) is 15.3. The van der Waals surface area contributed by atoms with Gasteiger partial charge in [-0.3, -0.25) is 4.90 Å². The maximum absolute atomic E-state index is 13.5. The van der Waals surface area contributed by atoms with Gasteiger partial charge >= 0.3 is 6.18 Å². The zero-order valence-corrected chi connectivity index (χ0v) is 11.3. The van der Waals surface area contributed by atoms with Gasteiger partial charge in [0.05, 0.1) is 5.56 Å². The topological polar surface area (TPSA) is 29.3 Å². The van der Waals surface area contributed by atoms with Gasteiger partial charge in [0, 0.05) is 18.6 Å². The SMILES string of the molecule is CCN(C1CC1)C(CN)c1cc(F)cc(C(F)(F)F)c1. The third-order valence-corrected chi connectivity index (χ3v) is 3.64. The lowest BCUT2D eigenvalue weighted by Gasteiger charge is -2.30. The average Bonchev–Trinajstić information content (AvgIpc) is 3.18. The molecule has 112 valence electrons. The minimum absolute atomic E-state index is 0.172. The largest absolute Gasteiger partial charge is 0.416 e. The molecule has 1 aromatic rings. The number of alkyl halides is 3. The number of benzene rings is 1. The Kier molecular flexibility index (Phi) is 4.34. The van der Waals surface area contributed by atoms with Crippen LogP contribution < -0.4 is 5.73 Å². The van der Waals surface area contributed by atoms with Crippen LogP contribution in [-0.2, 0) is 6.18 Å². The van der Waals surface area contributed by atoms with Crippen molar-refractivity contribution in [2.24, 2.45) is 5.73 Å². The number of likely N-dealkylation sites (N-methyl/N-ethyl adjacent to an activating group) is 1. The van der Waals surface area contributed by atoms with Crippen molar-refractivity contribution in [2.45, 2.75) is 38.0 Å². The molecule has 1 atom stereocenters. The quantitative estimate of drug-likeness (QED) is 0.843. The molecule has 0 aliphatic heterocycles. The summed E-state index contributed by atoms with van der Waals surface area (Å²) < 4.78 is 51.8. The second kappa shape index (κ2) is 5.69. The van der Waals surface area contributed by atoms with Gasteiger partial charge in [0.25, 0.3) is 0 Å². The van der Waals surface area contributed by atoms with Gasteiger partial charge in [-0.2, -0.15) is 13.2 Å². The average molecular weight is 290 g/mol. The number of nitrogens with zero attached hydrogens (tertiary/aromatic N) is 1. The number of rotatable bonds is 5. The first-order chi connectivity index (χ1) is 9.36. The van der Waals surface area contributed by atoms with Crippen molar-refractivity contribution in [1.29, 1.82) is 0 Å². The Morgan fingerprint density at radius 3 is 2.40 bits per heavy atom. The molecule has 0 aromatic heterocycles. The predicted octanol–water partition coefficient (Wildman–Crippen LogP) is 3.33. The van der Waals surface area contributed by atoms with E-state index in [0.29, 0.717) is 24.2 Å². The minimum Gasteiger partial charge on any atom is -0.329 e. The highest BCUT2D eigenvalue weighted by atomic mass is 19.4. The number of hydrogen-bond acceptors (Lipinski definition) is 2. The van der Waals surface area contributed by atoms with Crippen molar-refractivity contribution in [2.75, 3.05) is 13.1 Å². The van der Waals surface area contributed by atoms with Gasteiger partial charge in [-0.1, -0.05) is 6.92 Å². The Morgan fingerprint density at radius 1 is 1.30 bits per heavy atom. The van der Waals surface area contributed by atoms with E-state index < -0.39 is 17.6 Å². The molecule has 2 rings (SSSR count). The van der Waals surface area contributed by atoms with E-state index >= 15 is 0 Å². The fourth-order valence-corrected chi connectivity index (χ4v) is 2.57. The highest BCUT2D eigenvalue weighted by molar-refractivity contribution is 5.29. The molecule has 1 fully saturated rings. The van der Waals surface area contributed by atoms with Crippen molar-refractivity contribution in [3.8, 4) is 0 Å². The molecule has 1 aromatic carbocycles. The summed E-state index contributed by atoms with van der Waals surface area (Å²) in [4.78, 5) is 2.05. The lowest BCUT2D eigenvalue weighted by Crippen LogP contribution is -2.35. The molecule has 0 saturated heterocycles. The van der Waals surface area contributed by atoms with Crippen molar-refractivity contribution in [1.82, 2.24) is 4.90 Å². The second-order valence-electron chi connectivity index (χ2n) is 5.08. The molecule has 1 aliphatic rings. The van der Waals surface area contributed by atoms with Gasteiger partial charge in [-0.05, 0) is 43.1 Å². The van der Waals surface area contributed by atoms with Gasteiger partial charge in [0.2, 0.25) is 0 Å². The molecule has 0 radical (unpaired) electrons. The first-order valence-electron chi connectivity index (χ1n) is 6.70. The zero-order chi connectivity index (χ0) is 14.9. The highest BCUT2D eigenvalue weighted by Gasteiger charge is 2.35. The predicted molar refractivity (Wildman–Crippen MR) is 68.6 cm³/mol. The second-order valence-corrected chi connectivity index (χ2v) is 5.08. The van der Waals surface area contributed by atoms with Crippen molar-refractivity contribution in [3.05, 3.63) is 35.1 Å². The van der Waals surface area contributed by atoms with E-state index in [0.717, 1.165) is 25.0 Å². The molecule has 2 N–H and O–H groups in total. The molecule has 0 amide bonds. The minimum atomic E-state index is -4.55. The molecule has 6 heteroatoms. The van der Waals surface area contributed by atoms with Gasteiger partial charge in [0.15, 0.2) is 0 Å². The Morgan fingerprint density at radius 2 is 1.95 bits per heavy atom. The lowest BCUT2D eigenvalue weighted by molar-refractivity contribution is -0.137. The van der Waals surface area contributed by atoms with E-state index in [2.05, 4.69) is 4.90 Å². The summed E-state index contributed by atoms with van der Waals surface area (Å²) in [6, 6.07) is 2.66. The smallest absolute Gasteiger partial charge is 0.329 e. The molecule has 1 saturated carbocycles. The maximum atomic E-state index is 13.5. The Balaban J connectivity index is 2.36. The Labute approximate surface area is 115 Å². The van der Waals surface area contributed by atoms with E-state index in [4.69, 9.17) is 5.73 Å². The van der Waals surface area contributed by atoms with E-state index in [1.807, 2.05) is 6.92 Å². The lowest BCUT2D eigenvalue weighted by atomic mass is 10.0. The van der Waals surface area contributed by atoms with E-state index in [1.54, 1.807) is 0 Å². The van der Waals surface area contributed by atoms with Crippen LogP contribution in [-0.4, -0.2) is 24.0 Å². The molecule has 2 nitrogen and oxygen atoms in total. The molecule has 0 heterocycles. The molecule has 1 aliphatic carbocycles. The van der Waals surface area contributed by atoms with Crippen LogP contribution in [0.1, 0.15) is 36.9 Å². The van der Waals surface area contributed by atoms with Gasteiger partial charge in [-0.15, -0.1) is 0 Å². The van der Waals surface area contributed by atoms with Crippen LogP contribution in [0.25, 0.3) is 0 Å². The molecular weight excluding hydrogens is 272 g/mol. The van der Waals surface area contributed by atoms with Crippen molar-refractivity contribution < 1.29 is 17.6 Å². The molecule has 20 heavy (non-hydrogen) atoms. The highest BCUT2D eigenvalue weighted by Crippen LogP contribution is 2.36. The van der Waals surface area contributed by atoms with E-state index in [9.17, 15) is 17.6 Å². The Hall–Kier alpha value is -1.14. The standard InChI is InChI=1S/C14H18F4N2/c1-2-20(12-3-4-12)13(8-19)9-5-10(14(16,17)18)7-11(15)6-9/h5-7,12-13H,2-4,8,19H2,1H3. The summed E-state index contributed by atoms with van der Waals surface area (Å²) in [5.41, 5.74) is 5.05. The van der Waals surface area contributed by atoms with Gasteiger partial charge in [0.1, 0.15) is 5.82 Å². The van der Waals surface area contributed by atoms with E-state index in [-0.39, 0.29) is 12.6 Å². The third-order valence-electron chi connectivity index (χ3n) is 3.64. The molecule has 0 spiro atoms. The van der Waals surface area contributed by atoms with Gasteiger partial charge in [-0.25, -0.2) is 4.39 Å². The normalized spacial score (nSPS) is 17.6. The van der Waals surface area contributed by atoms with Crippen LogP contribution in [0.3, 0.4) is 0 Å². The summed E-state index contributed by atoms with van der Waals surface area (Å²) in [7, 11) is 0. The summed E-state index contributed by atoms with van der Waals surface area (Å²) in [5, 5.41) is 0. The van der Waals surface area contributed by atoms with Crippen molar-refractivity contribution in [3.63, 3.8) is 0 Å². The first-order valence-corrected chi connectivity index (χ1v) is 6.70. The van der Waals surface area contributed by atoms with Gasteiger partial charge < -0.3 is 5.73 Å². The van der Waals surface area contributed by atoms with E-state index in [1.165, 1.54) is 0 Å². The van der Waals surface area contributed by atoms with Crippen LogP contribution in [0.4, 0.5) is 17.6 Å². The van der Waals surface area contributed by atoms with Crippen LogP contribution >= 0.6 is 0 Å². The van der Waals surface area contributed by atoms with Crippen LogP contribution in [0, 0.1) is 5.82 Å². The van der Waals surface area contributed by atoms with Crippen LogP contribution in [0.2, 0.25) is 0 Å². The molecule has 0 bridgehead atoms. The number of halogens is 4. The van der Waals surface area contributed by atoms with Crippen LogP contribution in [0.5, 0.6) is 0 Å². The number of hydrogen-bond donors (Lipinski definition) is 1. The number of nitrogens with two attached hydrogens (primary N) is 1. The summed E-state index contributed by atoms with van der Waals surface area (Å²) in [6.45, 7) is 2.79. The summed E-state index contributed by atoms with van der Waals surface area (Å²) in [6.07, 6.45) is -2.51. The fraction of sp³-hybridized carbons (Fsp3) is 0.571. The van der Waals surface area contributed by atoms with Crippen LogP contribution in [0.15, 0.2) is 18.2 Å². The summed E-state index contributed by atoms with van der Waals surface area (Å²) in [5.74, 6) is -0.875. The monoisotopic (exact) mass is 290 g/mol. The zero-order valence-electron chi connectivity index (χ0n) is 11.3. The fourth-order valence-electron chi connectivity index (χ4n) is 2.57. The third kappa shape index (κ3) is 3.30. The molecule has 1 unspecified atom stereocenters. The Bertz CT molecular complexity index is 469. The summed E-state index contributed by atoms with van der Waals surface area (Å²) >= 11 is 0. The maximum Gasteiger partial charge on any atom is 0.416 e. The van der Waals surface area contributed by atoms with Crippen molar-refractivity contribution >= 4 is 0 Å². The molecular formula is C14H18F4N2.